The Morgan fingerprint density at radius 2 is 1.81 bits per heavy atom. The van der Waals surface area contributed by atoms with Gasteiger partial charge in [0, 0.05) is 0 Å². The summed E-state index contributed by atoms with van der Waals surface area (Å²) in [5.41, 5.74) is 2.88. The summed E-state index contributed by atoms with van der Waals surface area (Å²) >= 11 is 0. The van der Waals surface area contributed by atoms with Crippen molar-refractivity contribution in [1.82, 2.24) is 0 Å². The Kier molecular flexibility index (Phi) is 6.81. The van der Waals surface area contributed by atoms with Crippen molar-refractivity contribution in [3.63, 3.8) is 0 Å². The average Bonchev–Trinajstić information content (AvgIpc) is 2.63. The molecule has 1 saturated heterocycles. The number of rotatable bonds is 6. The van der Waals surface area contributed by atoms with Gasteiger partial charge in [0.05, 0.1) is 37.5 Å². The van der Waals surface area contributed by atoms with Gasteiger partial charge in [0.15, 0.2) is 6.04 Å². The molecule has 144 valence electrons. The molecule has 0 spiro atoms. The summed E-state index contributed by atoms with van der Waals surface area (Å²) in [6.45, 7) is 13.2. The zero-order valence-corrected chi connectivity index (χ0v) is 16.9. The highest BCUT2D eigenvalue weighted by Gasteiger charge is 2.38. The number of quaternary nitrogens is 1. The van der Waals surface area contributed by atoms with Crippen LogP contribution in [0.1, 0.15) is 61.5 Å². The molecule has 1 N–H and O–H groups in total. The fourth-order valence-electron chi connectivity index (χ4n) is 4.10. The van der Waals surface area contributed by atoms with E-state index in [1.807, 2.05) is 26.8 Å². The van der Waals surface area contributed by atoms with Crippen LogP contribution in [0.3, 0.4) is 0 Å². The number of piperidine rings is 1. The summed E-state index contributed by atoms with van der Waals surface area (Å²) in [5.74, 6) is -0.411. The average molecular weight is 362 g/mol. The largest absolute Gasteiger partial charge is 0.462 e. The number of likely N-dealkylation sites (N-methyl/N-ethyl adjacent to an activating group) is 1. The molecule has 0 radical (unpaired) electrons. The quantitative estimate of drug-likeness (QED) is 0.619. The minimum Gasteiger partial charge on any atom is -0.462 e. The number of ether oxygens (including phenoxy) is 1. The molecule has 1 fully saturated rings. The Morgan fingerprint density at radius 1 is 1.15 bits per heavy atom. The second-order valence-electron chi connectivity index (χ2n) is 7.43. The zero-order valence-electron chi connectivity index (χ0n) is 16.9. The Labute approximate surface area is 157 Å². The normalized spacial score (nSPS) is 17.4. The van der Waals surface area contributed by atoms with Crippen molar-refractivity contribution in [3.8, 4) is 0 Å². The van der Waals surface area contributed by atoms with Crippen LogP contribution in [0.2, 0.25) is 0 Å². The van der Waals surface area contributed by atoms with Crippen molar-refractivity contribution in [2.45, 2.75) is 59.9 Å². The van der Waals surface area contributed by atoms with Crippen molar-refractivity contribution in [2.75, 3.05) is 31.6 Å². The van der Waals surface area contributed by atoms with Crippen molar-refractivity contribution in [1.29, 1.82) is 0 Å². The van der Waals surface area contributed by atoms with Gasteiger partial charge in [-0.3, -0.25) is 4.79 Å². The van der Waals surface area contributed by atoms with Gasteiger partial charge in [0.2, 0.25) is 0 Å². The van der Waals surface area contributed by atoms with E-state index in [1.54, 1.807) is 13.0 Å². The Balaban J connectivity index is 2.29. The number of carbonyl (C=O) groups excluding carboxylic acids is 2. The lowest BCUT2D eigenvalue weighted by atomic mass is 10.0. The zero-order chi connectivity index (χ0) is 19.3. The van der Waals surface area contributed by atoms with E-state index in [2.05, 4.69) is 12.2 Å². The molecule has 0 aromatic heterocycles. The first-order valence-corrected chi connectivity index (χ1v) is 9.79. The van der Waals surface area contributed by atoms with Crippen LogP contribution in [0.4, 0.5) is 5.69 Å². The van der Waals surface area contributed by atoms with E-state index in [9.17, 15) is 9.59 Å². The Morgan fingerprint density at radius 3 is 2.38 bits per heavy atom. The minimum absolute atomic E-state index is 0.0220. The summed E-state index contributed by atoms with van der Waals surface area (Å²) < 4.78 is 6.01. The first-order chi connectivity index (χ1) is 12.3. The maximum Gasteiger partial charge on any atom is 0.340 e. The number of anilines is 1. The number of nitrogens with zero attached hydrogens (tertiary/aromatic N) is 1. The number of amides is 1. The fourth-order valence-corrected chi connectivity index (χ4v) is 4.10. The number of likely N-dealkylation sites (tertiary alicyclic amines) is 1. The van der Waals surface area contributed by atoms with Crippen LogP contribution in [0.5, 0.6) is 0 Å². The number of hydrogen-bond donors (Lipinski definition) is 1. The molecule has 0 aliphatic carbocycles. The maximum atomic E-state index is 13.1. The van der Waals surface area contributed by atoms with Gasteiger partial charge >= 0.3 is 5.97 Å². The van der Waals surface area contributed by atoms with Gasteiger partial charge < -0.3 is 14.5 Å². The molecule has 2 rings (SSSR count). The topological polar surface area (TPSA) is 55.4 Å². The lowest BCUT2D eigenvalue weighted by molar-refractivity contribution is -0.943. The van der Waals surface area contributed by atoms with E-state index < -0.39 is 0 Å². The van der Waals surface area contributed by atoms with Gasteiger partial charge in [0.1, 0.15) is 0 Å². The van der Waals surface area contributed by atoms with Crippen molar-refractivity contribution < 1.29 is 18.8 Å². The minimum atomic E-state index is -0.389. The van der Waals surface area contributed by atoms with E-state index in [4.69, 9.17) is 4.74 Å². The highest BCUT2D eigenvalue weighted by atomic mass is 16.5. The van der Waals surface area contributed by atoms with Crippen LogP contribution in [0.25, 0.3) is 0 Å². The summed E-state index contributed by atoms with van der Waals surface area (Å²) in [4.78, 5) is 25.4. The molecule has 0 bridgehead atoms. The fraction of sp³-hybridized carbons (Fsp3) is 0.619. The number of carbonyl (C=O) groups is 2. The number of esters is 1. The molecule has 1 unspecified atom stereocenters. The van der Waals surface area contributed by atoms with Gasteiger partial charge in [-0.2, -0.15) is 0 Å². The van der Waals surface area contributed by atoms with Gasteiger partial charge in [-0.25, -0.2) is 4.79 Å². The Hall–Kier alpha value is -1.88. The number of hydrogen-bond acceptors (Lipinski definition) is 3. The Bertz CT molecular complexity index is 663. The van der Waals surface area contributed by atoms with Gasteiger partial charge in [0.25, 0.3) is 5.91 Å². The number of nitrogens with one attached hydrogen (secondary N) is 1. The van der Waals surface area contributed by atoms with Crippen LogP contribution < -0.4 is 5.32 Å². The predicted octanol–water partition coefficient (Wildman–Crippen LogP) is 3.83. The summed E-state index contributed by atoms with van der Waals surface area (Å²) in [7, 11) is 0. The maximum absolute atomic E-state index is 13.1. The molecule has 5 heteroatoms. The lowest BCUT2D eigenvalue weighted by Gasteiger charge is -2.44. The number of aryl methyl sites for hydroxylation is 2. The molecular formula is C21H33N2O3+. The molecule has 1 aromatic carbocycles. The van der Waals surface area contributed by atoms with Crippen LogP contribution >= 0.6 is 0 Å². The standard InChI is InChI=1S/C21H32N2O3/c1-6-23(11-9-8-10-12-23)17(5)20(24)22-19-16(4)13-15(3)14-18(19)21(25)26-7-2/h13-14,17H,6-12H2,1-5H3/p+1. The van der Waals surface area contributed by atoms with Crippen LogP contribution in [0.15, 0.2) is 12.1 Å². The third-order valence-electron chi connectivity index (χ3n) is 5.76. The van der Waals surface area contributed by atoms with Gasteiger partial charge in [-0.15, -0.1) is 0 Å². The third kappa shape index (κ3) is 4.26. The molecule has 1 aliphatic heterocycles. The number of benzene rings is 1. The molecular weight excluding hydrogens is 328 g/mol. The van der Waals surface area contributed by atoms with E-state index >= 15 is 0 Å². The molecule has 1 aliphatic rings. The first-order valence-electron chi connectivity index (χ1n) is 9.79. The van der Waals surface area contributed by atoms with Gasteiger partial charge in [-0.1, -0.05) is 6.07 Å². The van der Waals surface area contributed by atoms with Crippen molar-refractivity contribution in [3.05, 3.63) is 28.8 Å². The van der Waals surface area contributed by atoms with Gasteiger partial charge in [-0.05, 0) is 71.1 Å². The highest BCUT2D eigenvalue weighted by molar-refractivity contribution is 6.03. The monoisotopic (exact) mass is 361 g/mol. The van der Waals surface area contributed by atoms with E-state index in [0.29, 0.717) is 17.9 Å². The second kappa shape index (κ2) is 8.67. The molecule has 0 saturated carbocycles. The highest BCUT2D eigenvalue weighted by Crippen LogP contribution is 2.27. The van der Waals surface area contributed by atoms with E-state index in [0.717, 1.165) is 35.2 Å². The summed E-state index contributed by atoms with van der Waals surface area (Å²) in [6, 6.07) is 3.63. The molecule has 1 amide bonds. The first kappa shape index (κ1) is 20.4. The predicted molar refractivity (Wildman–Crippen MR) is 104 cm³/mol. The van der Waals surface area contributed by atoms with Crippen LogP contribution in [-0.2, 0) is 9.53 Å². The van der Waals surface area contributed by atoms with Crippen molar-refractivity contribution >= 4 is 17.6 Å². The van der Waals surface area contributed by atoms with Crippen molar-refractivity contribution in [2.24, 2.45) is 0 Å². The lowest BCUT2D eigenvalue weighted by Crippen LogP contribution is -2.60. The molecule has 26 heavy (non-hydrogen) atoms. The second-order valence-corrected chi connectivity index (χ2v) is 7.43. The summed E-state index contributed by atoms with van der Waals surface area (Å²) in [5, 5.41) is 3.05. The molecule has 5 nitrogen and oxygen atoms in total. The molecule has 1 atom stereocenters. The smallest absolute Gasteiger partial charge is 0.340 e. The van der Waals surface area contributed by atoms with Crippen LogP contribution in [0, 0.1) is 13.8 Å². The molecule has 1 heterocycles. The molecule has 1 aromatic rings. The summed E-state index contributed by atoms with van der Waals surface area (Å²) in [6.07, 6.45) is 3.59. The van der Waals surface area contributed by atoms with E-state index in [-0.39, 0.29) is 17.9 Å². The SMILES string of the molecule is CCOC(=O)c1cc(C)cc(C)c1NC(=O)C(C)[N+]1(CC)CCCCC1. The van der Waals surface area contributed by atoms with Crippen LogP contribution in [-0.4, -0.2) is 48.6 Å². The van der Waals surface area contributed by atoms with E-state index in [1.165, 1.54) is 19.3 Å². The third-order valence-corrected chi connectivity index (χ3v) is 5.76.